The third-order valence-corrected chi connectivity index (χ3v) is 3.17. The average Bonchev–Trinajstić information content (AvgIpc) is 2.27. The highest BCUT2D eigenvalue weighted by atomic mass is 15.4. The standard InChI is InChI=1S/C13H20N4/c1-9-6-4-5-7-12(9)16-17-13-14-10(2)8-11(3)15-13/h8-9H,4-7H2,1-3H3,(H,14,15,17)/b16-12-/t9-/m0/s1. The van der Waals surface area contributed by atoms with E-state index in [1.165, 1.54) is 25.0 Å². The Hall–Kier alpha value is -1.45. The largest absolute Gasteiger partial charge is 0.245 e. The van der Waals surface area contributed by atoms with Gasteiger partial charge in [0.1, 0.15) is 0 Å². The SMILES string of the molecule is Cc1cc(C)nc(N/N=C2/CCCC[C@@H]2C)n1. The average molecular weight is 232 g/mol. The quantitative estimate of drug-likeness (QED) is 0.797. The molecule has 0 bridgehead atoms. The van der Waals surface area contributed by atoms with Crippen molar-refractivity contribution in [1.29, 1.82) is 0 Å². The van der Waals surface area contributed by atoms with E-state index < -0.39 is 0 Å². The van der Waals surface area contributed by atoms with Crippen molar-refractivity contribution >= 4 is 11.7 Å². The van der Waals surface area contributed by atoms with Crippen molar-refractivity contribution in [3.8, 4) is 0 Å². The number of rotatable bonds is 2. The van der Waals surface area contributed by atoms with Gasteiger partial charge in [0.05, 0.1) is 0 Å². The predicted octanol–water partition coefficient (Wildman–Crippen LogP) is 3.07. The molecule has 0 saturated heterocycles. The summed E-state index contributed by atoms with van der Waals surface area (Å²) in [6.45, 7) is 6.18. The molecule has 17 heavy (non-hydrogen) atoms. The number of hydrazone groups is 1. The van der Waals surface area contributed by atoms with E-state index in [9.17, 15) is 0 Å². The van der Waals surface area contributed by atoms with Crippen LogP contribution in [0.25, 0.3) is 0 Å². The molecule has 1 heterocycles. The summed E-state index contributed by atoms with van der Waals surface area (Å²) in [6, 6.07) is 1.96. The molecular weight excluding hydrogens is 212 g/mol. The molecule has 1 N–H and O–H groups in total. The lowest BCUT2D eigenvalue weighted by Crippen LogP contribution is -2.18. The van der Waals surface area contributed by atoms with Gasteiger partial charge in [-0.1, -0.05) is 13.3 Å². The molecule has 0 unspecified atom stereocenters. The van der Waals surface area contributed by atoms with Crippen LogP contribution in [0.3, 0.4) is 0 Å². The third-order valence-electron chi connectivity index (χ3n) is 3.17. The van der Waals surface area contributed by atoms with Crippen LogP contribution in [0.4, 0.5) is 5.95 Å². The molecule has 0 aliphatic heterocycles. The van der Waals surface area contributed by atoms with Gasteiger partial charge in [-0.25, -0.2) is 15.4 Å². The minimum atomic E-state index is 0.585. The lowest BCUT2D eigenvalue weighted by atomic mass is 9.89. The Kier molecular flexibility index (Phi) is 3.71. The van der Waals surface area contributed by atoms with Crippen LogP contribution in [0.15, 0.2) is 11.2 Å². The second kappa shape index (κ2) is 5.25. The van der Waals surface area contributed by atoms with Crippen LogP contribution in [0, 0.1) is 19.8 Å². The highest BCUT2D eigenvalue weighted by molar-refractivity contribution is 5.87. The summed E-state index contributed by atoms with van der Waals surface area (Å²) in [4.78, 5) is 8.63. The van der Waals surface area contributed by atoms with E-state index in [4.69, 9.17) is 0 Å². The molecule has 1 saturated carbocycles. The number of aromatic nitrogens is 2. The maximum atomic E-state index is 4.46. The van der Waals surface area contributed by atoms with Gasteiger partial charge in [-0.15, -0.1) is 0 Å². The van der Waals surface area contributed by atoms with Gasteiger partial charge in [0.15, 0.2) is 0 Å². The minimum Gasteiger partial charge on any atom is -0.245 e. The molecule has 1 aliphatic carbocycles. The normalized spacial score (nSPS) is 22.8. The molecule has 1 aromatic rings. The Balaban J connectivity index is 2.07. The monoisotopic (exact) mass is 232 g/mol. The van der Waals surface area contributed by atoms with E-state index in [1.807, 2.05) is 19.9 Å². The third kappa shape index (κ3) is 3.25. The highest BCUT2D eigenvalue weighted by Gasteiger charge is 2.15. The van der Waals surface area contributed by atoms with Gasteiger partial charge in [-0.2, -0.15) is 5.10 Å². The van der Waals surface area contributed by atoms with E-state index in [1.54, 1.807) is 0 Å². The fourth-order valence-electron chi connectivity index (χ4n) is 2.23. The first-order valence-electron chi connectivity index (χ1n) is 6.30. The van der Waals surface area contributed by atoms with E-state index in [2.05, 4.69) is 27.4 Å². The summed E-state index contributed by atoms with van der Waals surface area (Å²) in [6.07, 6.45) is 4.91. The molecule has 1 atom stereocenters. The first kappa shape index (κ1) is 12.0. The Labute approximate surface area is 103 Å². The summed E-state index contributed by atoms with van der Waals surface area (Å²) in [5, 5.41) is 4.46. The van der Waals surface area contributed by atoms with Gasteiger partial charge in [-0.05, 0) is 45.1 Å². The molecule has 1 aliphatic rings. The molecule has 1 aromatic heterocycles. The molecule has 0 aromatic carbocycles. The summed E-state index contributed by atoms with van der Waals surface area (Å²) in [5.74, 6) is 1.19. The number of hydrogen-bond donors (Lipinski definition) is 1. The van der Waals surface area contributed by atoms with Crippen LogP contribution in [0.5, 0.6) is 0 Å². The molecule has 0 radical (unpaired) electrons. The Morgan fingerprint density at radius 1 is 1.24 bits per heavy atom. The number of aryl methyl sites for hydroxylation is 2. The molecule has 2 rings (SSSR count). The lowest BCUT2D eigenvalue weighted by Gasteiger charge is -2.19. The summed E-state index contributed by atoms with van der Waals surface area (Å²) in [5.41, 5.74) is 6.18. The number of anilines is 1. The van der Waals surface area contributed by atoms with Crippen LogP contribution in [0.1, 0.15) is 44.0 Å². The second-order valence-electron chi connectivity index (χ2n) is 4.84. The second-order valence-corrected chi connectivity index (χ2v) is 4.84. The van der Waals surface area contributed by atoms with Crippen LogP contribution in [0.2, 0.25) is 0 Å². The number of nitrogens with zero attached hydrogens (tertiary/aromatic N) is 3. The first-order chi connectivity index (χ1) is 8.15. The van der Waals surface area contributed by atoms with Gasteiger partial charge in [0.2, 0.25) is 5.95 Å². The predicted molar refractivity (Wildman–Crippen MR) is 70.2 cm³/mol. The maximum Gasteiger partial charge on any atom is 0.243 e. The summed E-state index contributed by atoms with van der Waals surface area (Å²) in [7, 11) is 0. The molecule has 4 nitrogen and oxygen atoms in total. The molecule has 92 valence electrons. The van der Waals surface area contributed by atoms with Crippen molar-refractivity contribution in [3.05, 3.63) is 17.5 Å². The Morgan fingerprint density at radius 3 is 2.59 bits per heavy atom. The topological polar surface area (TPSA) is 50.2 Å². The van der Waals surface area contributed by atoms with Crippen LogP contribution >= 0.6 is 0 Å². The zero-order chi connectivity index (χ0) is 12.3. The van der Waals surface area contributed by atoms with E-state index in [0.29, 0.717) is 11.9 Å². The molecule has 0 spiro atoms. The summed E-state index contributed by atoms with van der Waals surface area (Å²) < 4.78 is 0. The van der Waals surface area contributed by atoms with Gasteiger partial charge >= 0.3 is 0 Å². The van der Waals surface area contributed by atoms with Crippen molar-refractivity contribution in [2.75, 3.05) is 5.43 Å². The van der Waals surface area contributed by atoms with Gasteiger partial charge in [-0.3, -0.25) is 0 Å². The zero-order valence-electron chi connectivity index (χ0n) is 10.8. The highest BCUT2D eigenvalue weighted by Crippen LogP contribution is 2.21. The van der Waals surface area contributed by atoms with E-state index in [-0.39, 0.29) is 0 Å². The zero-order valence-corrected chi connectivity index (χ0v) is 10.8. The molecule has 1 fully saturated rings. The van der Waals surface area contributed by atoms with Crippen LogP contribution in [-0.4, -0.2) is 15.7 Å². The Morgan fingerprint density at radius 2 is 1.94 bits per heavy atom. The minimum absolute atomic E-state index is 0.585. The van der Waals surface area contributed by atoms with Gasteiger partial charge < -0.3 is 0 Å². The Bertz CT molecular complexity index is 405. The smallest absolute Gasteiger partial charge is 0.243 e. The van der Waals surface area contributed by atoms with Crippen molar-refractivity contribution < 1.29 is 0 Å². The van der Waals surface area contributed by atoms with Crippen LogP contribution in [-0.2, 0) is 0 Å². The van der Waals surface area contributed by atoms with Crippen molar-refractivity contribution in [3.63, 3.8) is 0 Å². The fourth-order valence-corrected chi connectivity index (χ4v) is 2.23. The maximum absolute atomic E-state index is 4.46. The van der Waals surface area contributed by atoms with Gasteiger partial charge in [0.25, 0.3) is 0 Å². The van der Waals surface area contributed by atoms with Gasteiger partial charge in [0, 0.05) is 17.1 Å². The summed E-state index contributed by atoms with van der Waals surface area (Å²) >= 11 is 0. The van der Waals surface area contributed by atoms with Crippen molar-refractivity contribution in [2.45, 2.75) is 46.5 Å². The van der Waals surface area contributed by atoms with E-state index >= 15 is 0 Å². The molecule has 4 heteroatoms. The number of hydrogen-bond acceptors (Lipinski definition) is 4. The van der Waals surface area contributed by atoms with Crippen molar-refractivity contribution in [2.24, 2.45) is 11.0 Å². The lowest BCUT2D eigenvalue weighted by molar-refractivity contribution is 0.558. The fraction of sp³-hybridized carbons (Fsp3) is 0.615. The van der Waals surface area contributed by atoms with Crippen molar-refractivity contribution in [1.82, 2.24) is 9.97 Å². The molecular formula is C13H20N4. The first-order valence-corrected chi connectivity index (χ1v) is 6.30. The molecule has 0 amide bonds. The number of nitrogens with one attached hydrogen (secondary N) is 1. The van der Waals surface area contributed by atoms with E-state index in [0.717, 1.165) is 17.8 Å². The van der Waals surface area contributed by atoms with Crippen LogP contribution < -0.4 is 5.43 Å².